The summed E-state index contributed by atoms with van der Waals surface area (Å²) in [5.74, 6) is 0.800. The highest BCUT2D eigenvalue weighted by atomic mass is 35.5. The molecule has 0 amide bonds. The Morgan fingerprint density at radius 3 is 2.44 bits per heavy atom. The van der Waals surface area contributed by atoms with Gasteiger partial charge in [0.25, 0.3) is 0 Å². The molecule has 0 spiro atoms. The van der Waals surface area contributed by atoms with Crippen LogP contribution in [0.2, 0.25) is 5.02 Å². The third-order valence-electron chi connectivity index (χ3n) is 3.43. The Kier molecular flexibility index (Phi) is 5.03. The van der Waals surface area contributed by atoms with Crippen molar-refractivity contribution >= 4 is 11.6 Å². The quantitative estimate of drug-likeness (QED) is 0.820. The molecule has 0 atom stereocenters. The summed E-state index contributed by atoms with van der Waals surface area (Å²) in [6.45, 7) is 11.2. The van der Waals surface area contributed by atoms with E-state index < -0.39 is 0 Å². The van der Waals surface area contributed by atoms with Crippen molar-refractivity contribution in [1.29, 1.82) is 0 Å². The van der Waals surface area contributed by atoms with Crippen LogP contribution in [0.15, 0.2) is 12.4 Å². The fraction of sp³-hybridized carbons (Fsp3) is 0.769. The van der Waals surface area contributed by atoms with Crippen molar-refractivity contribution in [1.82, 2.24) is 19.6 Å². The van der Waals surface area contributed by atoms with E-state index in [2.05, 4.69) is 28.7 Å². The fourth-order valence-corrected chi connectivity index (χ4v) is 2.37. The Labute approximate surface area is 115 Å². The van der Waals surface area contributed by atoms with Gasteiger partial charge in [-0.3, -0.25) is 9.58 Å². The lowest BCUT2D eigenvalue weighted by Gasteiger charge is -2.34. The van der Waals surface area contributed by atoms with Crippen LogP contribution < -0.4 is 0 Å². The van der Waals surface area contributed by atoms with Gasteiger partial charge in [0, 0.05) is 32.4 Å². The number of rotatable bonds is 5. The number of aromatic nitrogens is 2. The van der Waals surface area contributed by atoms with Gasteiger partial charge in [-0.25, -0.2) is 0 Å². The average molecular weight is 271 g/mol. The predicted molar refractivity (Wildman–Crippen MR) is 74.7 cm³/mol. The van der Waals surface area contributed by atoms with E-state index in [0.717, 1.165) is 25.7 Å². The van der Waals surface area contributed by atoms with E-state index in [1.54, 1.807) is 6.20 Å². The Morgan fingerprint density at radius 1 is 1.22 bits per heavy atom. The van der Waals surface area contributed by atoms with E-state index in [1.807, 2.05) is 10.9 Å². The largest absolute Gasteiger partial charge is 0.301 e. The fourth-order valence-electron chi connectivity index (χ4n) is 2.22. The number of hydrogen-bond acceptors (Lipinski definition) is 3. The molecular weight excluding hydrogens is 248 g/mol. The molecule has 0 aromatic carbocycles. The highest BCUT2D eigenvalue weighted by molar-refractivity contribution is 6.30. The molecular formula is C13H23ClN4. The molecule has 2 heterocycles. The minimum atomic E-state index is 0.713. The van der Waals surface area contributed by atoms with Crippen molar-refractivity contribution in [3.8, 4) is 0 Å². The number of hydrogen-bond donors (Lipinski definition) is 0. The minimum absolute atomic E-state index is 0.713. The summed E-state index contributed by atoms with van der Waals surface area (Å²) in [5.41, 5.74) is 0. The lowest BCUT2D eigenvalue weighted by molar-refractivity contribution is 0.100. The van der Waals surface area contributed by atoms with E-state index in [-0.39, 0.29) is 0 Å². The number of halogens is 1. The van der Waals surface area contributed by atoms with Crippen LogP contribution in [-0.2, 0) is 6.67 Å². The van der Waals surface area contributed by atoms with Crippen molar-refractivity contribution < 1.29 is 0 Å². The van der Waals surface area contributed by atoms with Gasteiger partial charge in [-0.15, -0.1) is 0 Å². The van der Waals surface area contributed by atoms with Gasteiger partial charge in [-0.05, 0) is 18.9 Å². The highest BCUT2D eigenvalue weighted by Gasteiger charge is 2.17. The third kappa shape index (κ3) is 4.26. The lowest BCUT2D eigenvalue weighted by Crippen LogP contribution is -2.47. The van der Waals surface area contributed by atoms with Crippen LogP contribution in [-0.4, -0.2) is 52.3 Å². The zero-order valence-corrected chi connectivity index (χ0v) is 12.1. The van der Waals surface area contributed by atoms with Gasteiger partial charge in [0.05, 0.1) is 17.9 Å². The summed E-state index contributed by atoms with van der Waals surface area (Å²) >= 11 is 5.86. The molecule has 1 aliphatic rings. The van der Waals surface area contributed by atoms with E-state index in [4.69, 9.17) is 11.6 Å². The second-order valence-electron chi connectivity index (χ2n) is 5.48. The molecule has 0 bridgehead atoms. The Balaban J connectivity index is 1.70. The van der Waals surface area contributed by atoms with E-state index in [0.29, 0.717) is 5.02 Å². The Hall–Kier alpha value is -0.580. The molecule has 0 N–H and O–H groups in total. The standard InChI is InChI=1S/C13H23ClN4/c1-12(2)3-4-16-5-7-17(8-6-16)11-18-10-13(14)9-15-18/h9-10,12H,3-8,11H2,1-2H3. The van der Waals surface area contributed by atoms with Crippen molar-refractivity contribution in [2.45, 2.75) is 26.9 Å². The molecule has 102 valence electrons. The van der Waals surface area contributed by atoms with Crippen LogP contribution in [0.4, 0.5) is 0 Å². The van der Waals surface area contributed by atoms with Crippen LogP contribution in [0.3, 0.4) is 0 Å². The van der Waals surface area contributed by atoms with Gasteiger partial charge in [0.2, 0.25) is 0 Å². The maximum atomic E-state index is 5.86. The predicted octanol–water partition coefficient (Wildman–Crippen LogP) is 2.16. The molecule has 1 aliphatic heterocycles. The summed E-state index contributed by atoms with van der Waals surface area (Å²) in [6, 6.07) is 0. The molecule has 1 saturated heterocycles. The molecule has 0 unspecified atom stereocenters. The molecule has 1 aromatic heterocycles. The topological polar surface area (TPSA) is 24.3 Å². The molecule has 18 heavy (non-hydrogen) atoms. The van der Waals surface area contributed by atoms with Crippen molar-refractivity contribution in [2.24, 2.45) is 5.92 Å². The SMILES string of the molecule is CC(C)CCN1CCN(Cn2cc(Cl)cn2)CC1. The summed E-state index contributed by atoms with van der Waals surface area (Å²) in [7, 11) is 0. The van der Waals surface area contributed by atoms with Gasteiger partial charge in [-0.2, -0.15) is 5.10 Å². The van der Waals surface area contributed by atoms with Crippen LogP contribution in [0.5, 0.6) is 0 Å². The summed E-state index contributed by atoms with van der Waals surface area (Å²) < 4.78 is 1.91. The number of piperazine rings is 1. The van der Waals surface area contributed by atoms with Crippen molar-refractivity contribution in [2.75, 3.05) is 32.7 Å². The lowest BCUT2D eigenvalue weighted by atomic mass is 10.1. The van der Waals surface area contributed by atoms with Crippen molar-refractivity contribution in [3.63, 3.8) is 0 Å². The molecule has 0 radical (unpaired) electrons. The van der Waals surface area contributed by atoms with Crippen LogP contribution in [0, 0.1) is 5.92 Å². The molecule has 4 nitrogen and oxygen atoms in total. The second kappa shape index (κ2) is 6.55. The van der Waals surface area contributed by atoms with E-state index >= 15 is 0 Å². The van der Waals surface area contributed by atoms with Crippen LogP contribution >= 0.6 is 11.6 Å². The normalized spacial score (nSPS) is 18.7. The van der Waals surface area contributed by atoms with Gasteiger partial charge in [-0.1, -0.05) is 25.4 Å². The number of nitrogens with zero attached hydrogens (tertiary/aromatic N) is 4. The second-order valence-corrected chi connectivity index (χ2v) is 5.92. The summed E-state index contributed by atoms with van der Waals surface area (Å²) in [4.78, 5) is 4.99. The van der Waals surface area contributed by atoms with Gasteiger partial charge in [0.15, 0.2) is 0 Å². The van der Waals surface area contributed by atoms with Crippen LogP contribution in [0.25, 0.3) is 0 Å². The van der Waals surface area contributed by atoms with Crippen LogP contribution in [0.1, 0.15) is 20.3 Å². The van der Waals surface area contributed by atoms with E-state index in [1.165, 1.54) is 26.1 Å². The minimum Gasteiger partial charge on any atom is -0.301 e. The summed E-state index contributed by atoms with van der Waals surface area (Å²) in [5, 5.41) is 4.93. The first-order valence-corrected chi connectivity index (χ1v) is 7.14. The van der Waals surface area contributed by atoms with Gasteiger partial charge in [0.1, 0.15) is 0 Å². The van der Waals surface area contributed by atoms with Crippen molar-refractivity contribution in [3.05, 3.63) is 17.4 Å². The van der Waals surface area contributed by atoms with E-state index in [9.17, 15) is 0 Å². The molecule has 0 saturated carbocycles. The van der Waals surface area contributed by atoms with Gasteiger partial charge >= 0.3 is 0 Å². The summed E-state index contributed by atoms with van der Waals surface area (Å²) in [6.07, 6.45) is 4.88. The Bertz CT molecular complexity index is 356. The monoisotopic (exact) mass is 270 g/mol. The zero-order chi connectivity index (χ0) is 13.0. The molecule has 5 heteroatoms. The highest BCUT2D eigenvalue weighted by Crippen LogP contribution is 2.09. The Morgan fingerprint density at radius 2 is 1.89 bits per heavy atom. The first-order valence-electron chi connectivity index (χ1n) is 6.76. The molecule has 0 aliphatic carbocycles. The smallest absolute Gasteiger partial charge is 0.0930 e. The molecule has 1 fully saturated rings. The molecule has 1 aromatic rings. The maximum absolute atomic E-state index is 5.86. The first kappa shape index (κ1) is 13.8. The first-order chi connectivity index (χ1) is 8.63. The maximum Gasteiger partial charge on any atom is 0.0930 e. The third-order valence-corrected chi connectivity index (χ3v) is 3.63. The van der Waals surface area contributed by atoms with Gasteiger partial charge < -0.3 is 4.90 Å². The average Bonchev–Trinajstić information content (AvgIpc) is 2.74. The zero-order valence-electron chi connectivity index (χ0n) is 11.3. The molecule has 2 rings (SSSR count).